The predicted octanol–water partition coefficient (Wildman–Crippen LogP) is 3.04. The van der Waals surface area contributed by atoms with Gasteiger partial charge in [-0.1, -0.05) is 0 Å². The molecule has 3 aromatic rings. The van der Waals surface area contributed by atoms with Crippen LogP contribution in [0.3, 0.4) is 0 Å². The first-order valence-corrected chi connectivity index (χ1v) is 8.63. The lowest BCUT2D eigenvalue weighted by Gasteiger charge is -2.17. The minimum absolute atomic E-state index is 0.0831. The molecule has 0 aromatic carbocycles. The molecule has 6 heteroatoms. The molecule has 0 aliphatic carbocycles. The molecule has 6 nitrogen and oxygen atoms in total. The fourth-order valence-electron chi connectivity index (χ4n) is 2.79. The van der Waals surface area contributed by atoms with Crippen molar-refractivity contribution < 1.29 is 5.11 Å². The summed E-state index contributed by atoms with van der Waals surface area (Å²) >= 11 is 0. The lowest BCUT2D eigenvalue weighted by molar-refractivity contribution is 0.0739. The van der Waals surface area contributed by atoms with Gasteiger partial charge in [-0.25, -0.2) is 4.98 Å². The maximum atomic E-state index is 12.6. The Labute approximate surface area is 152 Å². The molecule has 2 N–H and O–H groups in total. The Morgan fingerprint density at radius 3 is 2.54 bits per heavy atom. The van der Waals surface area contributed by atoms with Crippen LogP contribution < -0.4 is 10.9 Å². The second-order valence-electron chi connectivity index (χ2n) is 7.34. The topological polar surface area (TPSA) is 80.0 Å². The van der Waals surface area contributed by atoms with Crippen molar-refractivity contribution >= 4 is 16.6 Å². The van der Waals surface area contributed by atoms with Crippen molar-refractivity contribution in [3.8, 4) is 11.3 Å². The Kier molecular flexibility index (Phi) is 4.54. The van der Waals surface area contributed by atoms with Gasteiger partial charge in [-0.15, -0.1) is 0 Å². The van der Waals surface area contributed by atoms with E-state index in [4.69, 9.17) is 0 Å². The van der Waals surface area contributed by atoms with Gasteiger partial charge in [0, 0.05) is 31.0 Å². The maximum absolute atomic E-state index is 12.6. The third-order valence-corrected chi connectivity index (χ3v) is 4.17. The number of aliphatic hydroxyl groups is 1. The van der Waals surface area contributed by atoms with E-state index >= 15 is 0 Å². The Morgan fingerprint density at radius 2 is 1.96 bits per heavy atom. The number of pyridine rings is 3. The Hall–Kier alpha value is -2.73. The van der Waals surface area contributed by atoms with E-state index in [1.807, 2.05) is 32.0 Å². The molecule has 3 rings (SSSR count). The van der Waals surface area contributed by atoms with Gasteiger partial charge in [0.25, 0.3) is 5.56 Å². The van der Waals surface area contributed by atoms with E-state index in [0.29, 0.717) is 16.9 Å². The number of aryl methyl sites for hydroxylation is 1. The summed E-state index contributed by atoms with van der Waals surface area (Å²) in [7, 11) is 1.73. The number of hydrogen-bond donors (Lipinski definition) is 2. The van der Waals surface area contributed by atoms with Crippen molar-refractivity contribution in [3.63, 3.8) is 0 Å². The van der Waals surface area contributed by atoms with Crippen LogP contribution in [0.5, 0.6) is 0 Å². The second-order valence-corrected chi connectivity index (χ2v) is 7.34. The first-order valence-electron chi connectivity index (χ1n) is 8.63. The minimum Gasteiger partial charge on any atom is -0.384 e. The van der Waals surface area contributed by atoms with E-state index < -0.39 is 5.60 Å². The summed E-state index contributed by atoms with van der Waals surface area (Å²) < 4.78 is 1.55. The van der Waals surface area contributed by atoms with Gasteiger partial charge in [0.15, 0.2) is 0 Å². The van der Waals surface area contributed by atoms with Crippen LogP contribution in [0.4, 0.5) is 5.82 Å². The Morgan fingerprint density at radius 1 is 1.23 bits per heavy atom. The molecule has 0 aliphatic rings. The molecule has 0 saturated heterocycles. The molecule has 0 bridgehead atoms. The number of anilines is 1. The number of fused-ring (bicyclic) bond motifs is 1. The highest BCUT2D eigenvalue weighted by Crippen LogP contribution is 2.27. The molecule has 0 amide bonds. The molecule has 26 heavy (non-hydrogen) atoms. The average Bonchev–Trinajstić information content (AvgIpc) is 2.56. The summed E-state index contributed by atoms with van der Waals surface area (Å²) in [5.74, 6) is 0.570. The third-order valence-electron chi connectivity index (χ3n) is 4.17. The molecule has 0 aliphatic heterocycles. The van der Waals surface area contributed by atoms with Crippen LogP contribution in [0.2, 0.25) is 0 Å². The standard InChI is InChI=1S/C20H24N4O2/c1-12(2)22-18-17-13(8-9-24(5)19(17)25)10-15(23-18)14-6-7-16(21-11-14)20(3,4)26/h6-12,26H,1-5H3,(H,22,23). The smallest absolute Gasteiger partial charge is 0.261 e. The number of nitrogens with zero attached hydrogens (tertiary/aromatic N) is 3. The van der Waals surface area contributed by atoms with Crippen molar-refractivity contribution in [2.24, 2.45) is 7.05 Å². The molecule has 0 spiro atoms. The fourth-order valence-corrected chi connectivity index (χ4v) is 2.79. The molecule has 0 fully saturated rings. The molecule has 3 aromatic heterocycles. The van der Waals surface area contributed by atoms with Crippen molar-refractivity contribution in [3.05, 3.63) is 52.7 Å². The SMILES string of the molecule is CC(C)Nc1nc(-c2ccc(C(C)(C)O)nc2)cc2ccn(C)c(=O)c12. The monoisotopic (exact) mass is 352 g/mol. The lowest BCUT2D eigenvalue weighted by Crippen LogP contribution is -2.20. The predicted molar refractivity (Wildman–Crippen MR) is 104 cm³/mol. The van der Waals surface area contributed by atoms with Gasteiger partial charge < -0.3 is 15.0 Å². The van der Waals surface area contributed by atoms with Gasteiger partial charge in [-0.05, 0) is 57.3 Å². The number of aromatic nitrogens is 3. The molecular weight excluding hydrogens is 328 g/mol. The molecule has 136 valence electrons. The zero-order valence-corrected chi connectivity index (χ0v) is 15.7. The highest BCUT2D eigenvalue weighted by molar-refractivity contribution is 5.93. The molecule has 0 saturated carbocycles. The van der Waals surface area contributed by atoms with Crippen LogP contribution in [0.25, 0.3) is 22.0 Å². The zero-order valence-electron chi connectivity index (χ0n) is 15.7. The van der Waals surface area contributed by atoms with Gasteiger partial charge in [0.1, 0.15) is 11.4 Å². The van der Waals surface area contributed by atoms with Gasteiger partial charge >= 0.3 is 0 Å². The summed E-state index contributed by atoms with van der Waals surface area (Å²) in [6.07, 6.45) is 3.45. The van der Waals surface area contributed by atoms with Crippen molar-refractivity contribution in [1.82, 2.24) is 14.5 Å². The number of hydrogen-bond acceptors (Lipinski definition) is 5. The zero-order chi connectivity index (χ0) is 19.1. The minimum atomic E-state index is -0.994. The lowest BCUT2D eigenvalue weighted by atomic mass is 10.0. The molecule has 0 unspecified atom stereocenters. The van der Waals surface area contributed by atoms with Crippen LogP contribution >= 0.6 is 0 Å². The quantitative estimate of drug-likeness (QED) is 0.754. The van der Waals surface area contributed by atoms with Crippen molar-refractivity contribution in [2.75, 3.05) is 5.32 Å². The van der Waals surface area contributed by atoms with Gasteiger partial charge in [-0.2, -0.15) is 0 Å². The van der Waals surface area contributed by atoms with Gasteiger partial charge in [0.05, 0.1) is 16.8 Å². The van der Waals surface area contributed by atoms with Gasteiger partial charge in [0.2, 0.25) is 0 Å². The Bertz CT molecular complexity index is 999. The molecule has 0 radical (unpaired) electrons. The van der Waals surface area contributed by atoms with E-state index in [1.165, 1.54) is 0 Å². The summed E-state index contributed by atoms with van der Waals surface area (Å²) in [6, 6.07) is 7.62. The maximum Gasteiger partial charge on any atom is 0.261 e. The second kappa shape index (κ2) is 6.53. The van der Waals surface area contributed by atoms with Gasteiger partial charge in [-0.3, -0.25) is 9.78 Å². The normalized spacial score (nSPS) is 12.0. The Balaban J connectivity index is 2.18. The highest BCUT2D eigenvalue weighted by atomic mass is 16.3. The first-order chi connectivity index (χ1) is 12.2. The molecule has 0 atom stereocenters. The van der Waals surface area contributed by atoms with E-state index in [1.54, 1.807) is 43.9 Å². The fraction of sp³-hybridized carbons (Fsp3) is 0.350. The largest absolute Gasteiger partial charge is 0.384 e. The highest BCUT2D eigenvalue weighted by Gasteiger charge is 2.18. The van der Waals surface area contributed by atoms with Crippen molar-refractivity contribution in [2.45, 2.75) is 39.3 Å². The van der Waals surface area contributed by atoms with Crippen molar-refractivity contribution in [1.29, 1.82) is 0 Å². The van der Waals surface area contributed by atoms with Crippen LogP contribution in [0.15, 0.2) is 41.5 Å². The van der Waals surface area contributed by atoms with E-state index in [0.717, 1.165) is 16.6 Å². The third kappa shape index (κ3) is 3.46. The van der Waals surface area contributed by atoms with E-state index in [-0.39, 0.29) is 11.6 Å². The summed E-state index contributed by atoms with van der Waals surface area (Å²) in [4.78, 5) is 21.6. The number of rotatable bonds is 4. The van der Waals surface area contributed by atoms with Crippen LogP contribution in [-0.2, 0) is 12.6 Å². The molecule has 3 heterocycles. The average molecular weight is 352 g/mol. The summed E-state index contributed by atoms with van der Waals surface area (Å²) in [5.41, 5.74) is 1.07. The van der Waals surface area contributed by atoms with Crippen LogP contribution in [-0.4, -0.2) is 25.7 Å². The van der Waals surface area contributed by atoms with E-state index in [2.05, 4.69) is 15.3 Å². The number of nitrogens with one attached hydrogen (secondary N) is 1. The van der Waals surface area contributed by atoms with E-state index in [9.17, 15) is 9.90 Å². The molecular formula is C20H24N4O2. The summed E-state index contributed by atoms with van der Waals surface area (Å²) in [6.45, 7) is 7.41. The first kappa shape index (κ1) is 18.1. The van der Waals surface area contributed by atoms with Crippen LogP contribution in [0, 0.1) is 0 Å². The van der Waals surface area contributed by atoms with Crippen LogP contribution in [0.1, 0.15) is 33.4 Å². The summed E-state index contributed by atoms with van der Waals surface area (Å²) in [5, 5.41) is 14.7.